The summed E-state index contributed by atoms with van der Waals surface area (Å²) in [6.07, 6.45) is 0.296. The highest BCUT2D eigenvalue weighted by atomic mass is 15.3. The Kier molecular flexibility index (Phi) is 0.821. The lowest BCUT2D eigenvalue weighted by atomic mass is 10.6. The molecule has 6 heavy (non-hydrogen) atoms. The molecule has 0 spiro atoms. The minimum Gasteiger partial charge on any atom is -0.316 e. The van der Waals surface area contributed by atoms with Crippen LogP contribution in [0.2, 0.25) is 0 Å². The molecular formula is C4H10N2. The van der Waals surface area contributed by atoms with Crippen LogP contribution in [-0.2, 0) is 0 Å². The molecule has 1 heterocycles. The first-order chi connectivity index (χ1) is 2.80. The Hall–Kier alpha value is -0.0800. The summed E-state index contributed by atoms with van der Waals surface area (Å²) in [5, 5.41) is 0. The van der Waals surface area contributed by atoms with Crippen LogP contribution in [0.25, 0.3) is 0 Å². The zero-order valence-electron chi connectivity index (χ0n) is 4.02. The van der Waals surface area contributed by atoms with Crippen molar-refractivity contribution in [3.63, 3.8) is 0 Å². The quantitative estimate of drug-likeness (QED) is 0.440. The molecule has 0 aromatic carbocycles. The Morgan fingerprint density at radius 3 is 2.17 bits per heavy atom. The maximum atomic E-state index is 5.42. The van der Waals surface area contributed by atoms with E-state index in [1.807, 2.05) is 6.92 Å². The van der Waals surface area contributed by atoms with Gasteiger partial charge in [0.15, 0.2) is 0 Å². The lowest BCUT2D eigenvalue weighted by molar-refractivity contribution is 0.441. The van der Waals surface area contributed by atoms with Gasteiger partial charge in [-0.05, 0) is 6.92 Å². The summed E-state index contributed by atoms with van der Waals surface area (Å²) >= 11 is 0. The fourth-order valence-corrected chi connectivity index (χ4v) is 0.465. The third-order valence-corrected chi connectivity index (χ3v) is 1.06. The molecule has 0 aliphatic carbocycles. The van der Waals surface area contributed by atoms with E-state index in [0.717, 1.165) is 0 Å². The largest absolute Gasteiger partial charge is 0.316 e. The van der Waals surface area contributed by atoms with Crippen LogP contribution in [0.15, 0.2) is 0 Å². The van der Waals surface area contributed by atoms with Crippen LogP contribution >= 0.6 is 0 Å². The summed E-state index contributed by atoms with van der Waals surface area (Å²) in [7, 11) is 0. The first-order valence-electron chi connectivity index (χ1n) is 2.30. The van der Waals surface area contributed by atoms with E-state index in [-0.39, 0.29) is 0 Å². The lowest BCUT2D eigenvalue weighted by Crippen LogP contribution is -2.24. The van der Waals surface area contributed by atoms with Gasteiger partial charge in [-0.2, -0.15) is 0 Å². The van der Waals surface area contributed by atoms with Crippen LogP contribution in [0, 0.1) is 0 Å². The Bertz CT molecular complexity index is 47.5. The molecule has 0 aromatic rings. The molecule has 2 nitrogen and oxygen atoms in total. The van der Waals surface area contributed by atoms with Crippen LogP contribution < -0.4 is 5.73 Å². The van der Waals surface area contributed by atoms with Gasteiger partial charge in [-0.15, -0.1) is 0 Å². The second-order valence-electron chi connectivity index (χ2n) is 1.78. The fourth-order valence-electron chi connectivity index (χ4n) is 0.465. The van der Waals surface area contributed by atoms with Gasteiger partial charge in [0.1, 0.15) is 0 Å². The first kappa shape index (κ1) is 4.09. The summed E-state index contributed by atoms with van der Waals surface area (Å²) in [6.45, 7) is 4.42. The van der Waals surface area contributed by atoms with E-state index in [9.17, 15) is 0 Å². The van der Waals surface area contributed by atoms with Gasteiger partial charge in [0, 0.05) is 13.1 Å². The molecule has 1 aliphatic heterocycles. The highest BCUT2D eigenvalue weighted by Gasteiger charge is 2.19. The molecule has 36 valence electrons. The highest BCUT2D eigenvalue weighted by molar-refractivity contribution is 4.74. The summed E-state index contributed by atoms with van der Waals surface area (Å²) in [5.41, 5.74) is 5.42. The Morgan fingerprint density at radius 1 is 1.67 bits per heavy atom. The average molecular weight is 86.1 g/mol. The van der Waals surface area contributed by atoms with E-state index in [2.05, 4.69) is 4.90 Å². The Labute approximate surface area is 37.9 Å². The molecule has 1 fully saturated rings. The molecule has 1 rings (SSSR count). The van der Waals surface area contributed by atoms with Crippen LogP contribution in [-0.4, -0.2) is 24.2 Å². The van der Waals surface area contributed by atoms with Crippen LogP contribution in [0.3, 0.4) is 0 Å². The standard InChI is InChI=1S/C4H10N2/c1-4(5)6-2-3-6/h4H,2-3,5H2,1H3/t4-/m0/s1. The van der Waals surface area contributed by atoms with Gasteiger partial charge in [-0.1, -0.05) is 0 Å². The summed E-state index contributed by atoms with van der Waals surface area (Å²) in [6, 6.07) is 0. The van der Waals surface area contributed by atoms with Crippen molar-refractivity contribution >= 4 is 0 Å². The van der Waals surface area contributed by atoms with Crippen LogP contribution in [0.5, 0.6) is 0 Å². The number of nitrogens with zero attached hydrogens (tertiary/aromatic N) is 1. The van der Waals surface area contributed by atoms with Gasteiger partial charge in [-0.25, -0.2) is 0 Å². The van der Waals surface area contributed by atoms with E-state index in [0.29, 0.717) is 6.17 Å². The molecular weight excluding hydrogens is 76.1 g/mol. The molecule has 0 aromatic heterocycles. The van der Waals surface area contributed by atoms with Crippen molar-refractivity contribution in [3.8, 4) is 0 Å². The van der Waals surface area contributed by atoms with Crippen molar-refractivity contribution < 1.29 is 0 Å². The number of rotatable bonds is 1. The molecule has 0 amide bonds. The maximum Gasteiger partial charge on any atom is 0.0543 e. The SMILES string of the molecule is C[C@@H](N)N1CC1. The Balaban J connectivity index is 2.13. The number of nitrogens with two attached hydrogens (primary N) is 1. The Morgan fingerprint density at radius 2 is 2.17 bits per heavy atom. The monoisotopic (exact) mass is 86.1 g/mol. The van der Waals surface area contributed by atoms with Gasteiger partial charge in [-0.3, -0.25) is 4.90 Å². The summed E-state index contributed by atoms with van der Waals surface area (Å²) in [4.78, 5) is 2.19. The van der Waals surface area contributed by atoms with Crippen molar-refractivity contribution in [1.29, 1.82) is 0 Å². The molecule has 1 saturated heterocycles. The van der Waals surface area contributed by atoms with E-state index in [4.69, 9.17) is 5.73 Å². The summed E-state index contributed by atoms with van der Waals surface area (Å²) in [5.74, 6) is 0. The first-order valence-corrected chi connectivity index (χ1v) is 2.30. The van der Waals surface area contributed by atoms with E-state index < -0.39 is 0 Å². The smallest absolute Gasteiger partial charge is 0.0543 e. The summed E-state index contributed by atoms with van der Waals surface area (Å²) < 4.78 is 0. The molecule has 1 aliphatic rings. The van der Waals surface area contributed by atoms with Crippen molar-refractivity contribution in [3.05, 3.63) is 0 Å². The minimum atomic E-state index is 0.296. The van der Waals surface area contributed by atoms with Crippen LogP contribution in [0.4, 0.5) is 0 Å². The van der Waals surface area contributed by atoms with Gasteiger partial charge >= 0.3 is 0 Å². The van der Waals surface area contributed by atoms with Crippen molar-refractivity contribution in [1.82, 2.24) is 4.90 Å². The molecule has 0 bridgehead atoms. The zero-order valence-corrected chi connectivity index (χ0v) is 4.02. The number of hydrogen-bond donors (Lipinski definition) is 1. The van der Waals surface area contributed by atoms with Crippen molar-refractivity contribution in [2.75, 3.05) is 13.1 Å². The molecule has 1 atom stereocenters. The predicted molar refractivity (Wildman–Crippen MR) is 25.2 cm³/mol. The van der Waals surface area contributed by atoms with E-state index >= 15 is 0 Å². The van der Waals surface area contributed by atoms with Gasteiger partial charge in [0.2, 0.25) is 0 Å². The topological polar surface area (TPSA) is 29.0 Å². The third kappa shape index (κ3) is 0.698. The van der Waals surface area contributed by atoms with Crippen molar-refractivity contribution in [2.24, 2.45) is 5.73 Å². The maximum absolute atomic E-state index is 5.42. The fraction of sp³-hybridized carbons (Fsp3) is 1.00. The zero-order chi connectivity index (χ0) is 4.57. The molecule has 0 unspecified atom stereocenters. The predicted octanol–water partition coefficient (Wildman–Crippen LogP) is -0.393. The van der Waals surface area contributed by atoms with E-state index in [1.54, 1.807) is 0 Å². The van der Waals surface area contributed by atoms with Crippen LogP contribution in [0.1, 0.15) is 6.92 Å². The van der Waals surface area contributed by atoms with Gasteiger partial charge in [0.25, 0.3) is 0 Å². The number of hydrogen-bond acceptors (Lipinski definition) is 2. The van der Waals surface area contributed by atoms with Crippen molar-refractivity contribution in [2.45, 2.75) is 13.1 Å². The molecule has 0 radical (unpaired) electrons. The van der Waals surface area contributed by atoms with Gasteiger partial charge in [0.05, 0.1) is 6.17 Å². The highest BCUT2D eigenvalue weighted by Crippen LogP contribution is 2.03. The van der Waals surface area contributed by atoms with E-state index in [1.165, 1.54) is 13.1 Å². The molecule has 2 heteroatoms. The molecule has 0 saturated carbocycles. The molecule has 2 N–H and O–H groups in total. The average Bonchev–Trinajstić information content (AvgIpc) is 2.06. The normalized spacial score (nSPS) is 27.0. The third-order valence-electron chi connectivity index (χ3n) is 1.06. The lowest BCUT2D eigenvalue weighted by Gasteiger charge is -2.00. The minimum absolute atomic E-state index is 0.296. The van der Waals surface area contributed by atoms with Gasteiger partial charge < -0.3 is 5.73 Å². The second kappa shape index (κ2) is 1.21. The second-order valence-corrected chi connectivity index (χ2v) is 1.78.